The summed E-state index contributed by atoms with van der Waals surface area (Å²) in [5.41, 5.74) is 1.18. The number of benzene rings is 1. The summed E-state index contributed by atoms with van der Waals surface area (Å²) >= 11 is 1.71. The quantitative estimate of drug-likeness (QED) is 0.736. The Hall–Kier alpha value is -1.20. The summed E-state index contributed by atoms with van der Waals surface area (Å²) < 4.78 is 5.49. The van der Waals surface area contributed by atoms with E-state index in [2.05, 4.69) is 30.9 Å². The molecule has 1 aliphatic rings. The summed E-state index contributed by atoms with van der Waals surface area (Å²) in [6.45, 7) is 10.8. The first kappa shape index (κ1) is 17.2. The van der Waals surface area contributed by atoms with Crippen molar-refractivity contribution >= 4 is 17.7 Å². The van der Waals surface area contributed by atoms with Crippen molar-refractivity contribution in [3.63, 3.8) is 0 Å². The first-order valence-electron chi connectivity index (χ1n) is 8.05. The number of hydrogen-bond acceptors (Lipinski definition) is 4. The predicted octanol–water partition coefficient (Wildman–Crippen LogP) is 3.00. The van der Waals surface area contributed by atoms with Gasteiger partial charge in [-0.1, -0.05) is 26.0 Å². The summed E-state index contributed by atoms with van der Waals surface area (Å²) in [5.74, 6) is 1.71. The zero-order valence-corrected chi connectivity index (χ0v) is 14.6. The van der Waals surface area contributed by atoms with Crippen molar-refractivity contribution in [1.29, 1.82) is 0 Å². The highest BCUT2D eigenvalue weighted by molar-refractivity contribution is 8.00. The molecule has 2 rings (SSSR count). The predicted molar refractivity (Wildman–Crippen MR) is 92.3 cm³/mol. The second-order valence-electron chi connectivity index (χ2n) is 5.28. The van der Waals surface area contributed by atoms with Crippen molar-refractivity contribution in [2.45, 2.75) is 26.1 Å². The Labute approximate surface area is 137 Å². The molecule has 0 aromatic heterocycles. The molecular weight excluding hydrogens is 296 g/mol. The highest BCUT2D eigenvalue weighted by atomic mass is 32.2. The van der Waals surface area contributed by atoms with E-state index in [-0.39, 0.29) is 11.3 Å². The van der Waals surface area contributed by atoms with Crippen molar-refractivity contribution in [1.82, 2.24) is 9.80 Å². The zero-order valence-electron chi connectivity index (χ0n) is 13.7. The maximum atomic E-state index is 12.2. The smallest absolute Gasteiger partial charge is 0.233 e. The molecule has 0 radical (unpaired) electrons. The number of thioether (sulfide) groups is 1. The second-order valence-corrected chi connectivity index (χ2v) is 6.35. The van der Waals surface area contributed by atoms with Gasteiger partial charge < -0.3 is 14.5 Å². The highest BCUT2D eigenvalue weighted by Crippen LogP contribution is 2.38. The van der Waals surface area contributed by atoms with E-state index < -0.39 is 0 Å². The Bertz CT molecular complexity index is 474. The van der Waals surface area contributed by atoms with E-state index in [4.69, 9.17) is 4.74 Å². The molecule has 1 unspecified atom stereocenters. The molecule has 1 aromatic carbocycles. The molecule has 122 valence electrons. The van der Waals surface area contributed by atoms with Gasteiger partial charge in [-0.15, -0.1) is 11.8 Å². The minimum atomic E-state index is 0.138. The molecule has 4 nitrogen and oxygen atoms in total. The van der Waals surface area contributed by atoms with Crippen LogP contribution >= 0.6 is 11.8 Å². The van der Waals surface area contributed by atoms with Gasteiger partial charge in [0.15, 0.2) is 0 Å². The van der Waals surface area contributed by atoms with Gasteiger partial charge in [0.25, 0.3) is 0 Å². The standard InChI is InChI=1S/C17H26N2O2S/c1-4-18(5-2)11-12-19-16(20)13-22-17(19)14-7-9-15(10-8-14)21-6-3/h7-10,17H,4-6,11-13H2,1-3H3. The Kier molecular flexibility index (Phi) is 6.58. The number of carbonyl (C=O) groups is 1. The summed E-state index contributed by atoms with van der Waals surface area (Å²) in [4.78, 5) is 16.5. The van der Waals surface area contributed by atoms with Crippen LogP contribution < -0.4 is 4.74 Å². The van der Waals surface area contributed by atoms with Gasteiger partial charge >= 0.3 is 0 Å². The summed E-state index contributed by atoms with van der Waals surface area (Å²) in [5, 5.41) is 0.138. The molecule has 0 spiro atoms. The van der Waals surface area contributed by atoms with Crippen LogP contribution in [0.1, 0.15) is 31.7 Å². The molecule has 1 heterocycles. The minimum absolute atomic E-state index is 0.138. The number of carbonyl (C=O) groups excluding carboxylic acids is 1. The number of likely N-dealkylation sites (N-methyl/N-ethyl adjacent to an activating group) is 1. The molecule has 5 heteroatoms. The SMILES string of the molecule is CCOc1ccc(C2SCC(=O)N2CCN(CC)CC)cc1. The number of hydrogen-bond donors (Lipinski definition) is 0. The minimum Gasteiger partial charge on any atom is -0.494 e. The maximum absolute atomic E-state index is 12.2. The Morgan fingerprint density at radius 3 is 2.50 bits per heavy atom. The van der Waals surface area contributed by atoms with E-state index in [1.807, 2.05) is 24.0 Å². The first-order chi connectivity index (χ1) is 10.7. The lowest BCUT2D eigenvalue weighted by atomic mass is 10.2. The van der Waals surface area contributed by atoms with Gasteiger partial charge in [-0.05, 0) is 37.7 Å². The highest BCUT2D eigenvalue weighted by Gasteiger charge is 2.32. The number of nitrogens with zero attached hydrogens (tertiary/aromatic N) is 2. The zero-order chi connectivity index (χ0) is 15.9. The van der Waals surface area contributed by atoms with Crippen molar-refractivity contribution in [2.75, 3.05) is 38.5 Å². The first-order valence-corrected chi connectivity index (χ1v) is 9.10. The van der Waals surface area contributed by atoms with E-state index in [0.29, 0.717) is 12.4 Å². The summed E-state index contributed by atoms with van der Waals surface area (Å²) in [7, 11) is 0. The van der Waals surface area contributed by atoms with Crippen molar-refractivity contribution in [3.05, 3.63) is 29.8 Å². The topological polar surface area (TPSA) is 32.8 Å². The molecule has 0 aliphatic carbocycles. The van der Waals surface area contributed by atoms with Crippen LogP contribution in [0.4, 0.5) is 0 Å². The van der Waals surface area contributed by atoms with Crippen LogP contribution in [0.25, 0.3) is 0 Å². The third kappa shape index (κ3) is 4.17. The fourth-order valence-electron chi connectivity index (χ4n) is 2.66. The largest absolute Gasteiger partial charge is 0.494 e. The van der Waals surface area contributed by atoms with Gasteiger partial charge in [-0.2, -0.15) is 0 Å². The average molecular weight is 322 g/mol. The van der Waals surface area contributed by atoms with Crippen molar-refractivity contribution in [3.8, 4) is 5.75 Å². The molecule has 1 amide bonds. The Morgan fingerprint density at radius 2 is 1.91 bits per heavy atom. The third-order valence-electron chi connectivity index (χ3n) is 4.00. The van der Waals surface area contributed by atoms with E-state index in [0.717, 1.165) is 31.9 Å². The molecule has 0 N–H and O–H groups in total. The Balaban J connectivity index is 2.03. The molecule has 0 saturated carbocycles. The van der Waals surface area contributed by atoms with Gasteiger partial charge in [0.2, 0.25) is 5.91 Å². The molecule has 0 bridgehead atoms. The van der Waals surface area contributed by atoms with Gasteiger partial charge in [0, 0.05) is 13.1 Å². The van der Waals surface area contributed by atoms with Crippen LogP contribution in [-0.4, -0.2) is 54.2 Å². The van der Waals surface area contributed by atoms with E-state index in [1.54, 1.807) is 11.8 Å². The van der Waals surface area contributed by atoms with E-state index >= 15 is 0 Å². The summed E-state index contributed by atoms with van der Waals surface area (Å²) in [6.07, 6.45) is 0. The number of rotatable bonds is 8. The van der Waals surface area contributed by atoms with Crippen molar-refractivity contribution < 1.29 is 9.53 Å². The maximum Gasteiger partial charge on any atom is 0.233 e. The fourth-order valence-corrected chi connectivity index (χ4v) is 3.88. The molecule has 22 heavy (non-hydrogen) atoms. The van der Waals surface area contributed by atoms with Gasteiger partial charge in [0.1, 0.15) is 11.1 Å². The monoisotopic (exact) mass is 322 g/mol. The van der Waals surface area contributed by atoms with Crippen LogP contribution in [0.5, 0.6) is 5.75 Å². The molecular formula is C17H26N2O2S. The number of amides is 1. The molecule has 1 atom stereocenters. The lowest BCUT2D eigenvalue weighted by Gasteiger charge is -2.27. The number of ether oxygens (including phenoxy) is 1. The Morgan fingerprint density at radius 1 is 1.23 bits per heavy atom. The molecule has 1 saturated heterocycles. The van der Waals surface area contributed by atoms with Crippen LogP contribution in [0.3, 0.4) is 0 Å². The van der Waals surface area contributed by atoms with Gasteiger partial charge in [-0.3, -0.25) is 4.79 Å². The lowest BCUT2D eigenvalue weighted by Crippen LogP contribution is -2.37. The van der Waals surface area contributed by atoms with E-state index in [1.165, 1.54) is 5.56 Å². The van der Waals surface area contributed by atoms with Crippen LogP contribution in [0.15, 0.2) is 24.3 Å². The second kappa shape index (κ2) is 8.44. The van der Waals surface area contributed by atoms with E-state index in [9.17, 15) is 4.79 Å². The fraction of sp³-hybridized carbons (Fsp3) is 0.588. The third-order valence-corrected chi connectivity index (χ3v) is 5.25. The van der Waals surface area contributed by atoms with Gasteiger partial charge in [-0.25, -0.2) is 0 Å². The summed E-state index contributed by atoms with van der Waals surface area (Å²) in [6, 6.07) is 8.13. The molecule has 1 aromatic rings. The molecule has 1 aliphatic heterocycles. The molecule has 1 fully saturated rings. The van der Waals surface area contributed by atoms with Crippen LogP contribution in [-0.2, 0) is 4.79 Å². The normalized spacial score (nSPS) is 18.3. The van der Waals surface area contributed by atoms with Crippen LogP contribution in [0.2, 0.25) is 0 Å². The van der Waals surface area contributed by atoms with Crippen molar-refractivity contribution in [2.24, 2.45) is 0 Å². The van der Waals surface area contributed by atoms with Crippen LogP contribution in [0, 0.1) is 0 Å². The van der Waals surface area contributed by atoms with Gasteiger partial charge in [0.05, 0.1) is 12.4 Å². The average Bonchev–Trinajstić information content (AvgIpc) is 2.91. The lowest BCUT2D eigenvalue weighted by molar-refractivity contribution is -0.128.